The van der Waals surface area contributed by atoms with Crippen LogP contribution in [0.25, 0.3) is 11.0 Å². The molecule has 0 N–H and O–H groups in total. The number of para-hydroxylation sites is 1. The molecule has 1 spiro atoms. The van der Waals surface area contributed by atoms with Gasteiger partial charge in [0.15, 0.2) is 0 Å². The van der Waals surface area contributed by atoms with Crippen molar-refractivity contribution in [3.8, 4) is 0 Å². The molecule has 3 nitrogen and oxygen atoms in total. The number of hydrogen-bond acceptors (Lipinski definition) is 3. The molecule has 2 heterocycles. The molecular formula is C16H19NO2S. The molecular weight excluding hydrogens is 270 g/mol. The molecule has 4 heteroatoms. The number of hydrogen-bond donors (Lipinski definition) is 0. The second-order valence-corrected chi connectivity index (χ2v) is 7.70. The highest BCUT2D eigenvalue weighted by atomic mass is 32.2. The molecule has 106 valence electrons. The molecule has 2 aromatic rings. The topological polar surface area (TPSA) is 39.4 Å². The van der Waals surface area contributed by atoms with Crippen LogP contribution >= 0.6 is 0 Å². The average Bonchev–Trinajstić information content (AvgIpc) is 2.98. The van der Waals surface area contributed by atoms with E-state index in [1.54, 1.807) is 0 Å². The third kappa shape index (κ3) is 1.90. The summed E-state index contributed by atoms with van der Waals surface area (Å²) in [7, 11) is 0. The van der Waals surface area contributed by atoms with Crippen molar-refractivity contribution in [2.75, 3.05) is 6.54 Å². The predicted molar refractivity (Wildman–Crippen MR) is 79.7 cm³/mol. The summed E-state index contributed by atoms with van der Waals surface area (Å²) in [4.78, 5) is 0. The van der Waals surface area contributed by atoms with Gasteiger partial charge in [0.25, 0.3) is 0 Å². The second-order valence-electron chi connectivity index (χ2n) is 6.33. The first kappa shape index (κ1) is 12.7. The third-order valence-electron chi connectivity index (χ3n) is 4.91. The Kier molecular flexibility index (Phi) is 2.88. The van der Waals surface area contributed by atoms with Gasteiger partial charge < -0.3 is 8.97 Å². The van der Waals surface area contributed by atoms with Crippen molar-refractivity contribution in [3.05, 3.63) is 30.3 Å². The molecule has 20 heavy (non-hydrogen) atoms. The van der Waals surface area contributed by atoms with Gasteiger partial charge in [-0.15, -0.1) is 4.31 Å². The molecule has 2 aliphatic rings. The van der Waals surface area contributed by atoms with E-state index in [-0.39, 0.29) is 0 Å². The van der Waals surface area contributed by atoms with Crippen LogP contribution in [0.5, 0.6) is 0 Å². The van der Waals surface area contributed by atoms with Crippen molar-refractivity contribution < 1.29 is 8.97 Å². The lowest BCUT2D eigenvalue weighted by molar-refractivity contribution is 0.152. The van der Waals surface area contributed by atoms with Gasteiger partial charge in [0.2, 0.25) is 0 Å². The maximum absolute atomic E-state index is 12.8. The highest BCUT2D eigenvalue weighted by Crippen LogP contribution is 2.51. The fraction of sp³-hybridized carbons (Fsp3) is 0.500. The minimum Gasteiger partial charge on any atom is -0.590 e. The number of furan rings is 1. The summed E-state index contributed by atoms with van der Waals surface area (Å²) in [6.45, 7) is 3.14. The van der Waals surface area contributed by atoms with Crippen LogP contribution in [0.15, 0.2) is 39.8 Å². The van der Waals surface area contributed by atoms with E-state index < -0.39 is 11.4 Å². The molecule has 0 radical (unpaired) electrons. The molecule has 1 aromatic heterocycles. The molecule has 2 unspecified atom stereocenters. The Hall–Kier alpha value is -0.970. The maximum Gasteiger partial charge on any atom is 0.333 e. The van der Waals surface area contributed by atoms with Crippen LogP contribution in [0.4, 0.5) is 0 Å². The first-order chi connectivity index (χ1) is 9.67. The van der Waals surface area contributed by atoms with Gasteiger partial charge in [0.05, 0.1) is 12.6 Å². The van der Waals surface area contributed by atoms with E-state index in [9.17, 15) is 4.55 Å². The Morgan fingerprint density at radius 2 is 2.15 bits per heavy atom. The van der Waals surface area contributed by atoms with Crippen LogP contribution in [0, 0.1) is 5.41 Å². The third-order valence-corrected chi connectivity index (χ3v) is 6.37. The molecule has 1 aliphatic carbocycles. The summed E-state index contributed by atoms with van der Waals surface area (Å²) in [5.74, 6) is 0. The van der Waals surface area contributed by atoms with Gasteiger partial charge in [-0.3, -0.25) is 0 Å². The minimum atomic E-state index is -1.17. The van der Waals surface area contributed by atoms with Crippen molar-refractivity contribution in [2.24, 2.45) is 5.41 Å². The van der Waals surface area contributed by atoms with Crippen LogP contribution in [0.3, 0.4) is 0 Å². The number of fused-ring (bicyclic) bond motifs is 1. The van der Waals surface area contributed by atoms with Gasteiger partial charge in [0.1, 0.15) is 16.9 Å². The summed E-state index contributed by atoms with van der Waals surface area (Å²) in [5.41, 5.74) is 1.27. The van der Waals surface area contributed by atoms with Crippen LogP contribution in [0.2, 0.25) is 0 Å². The molecule has 4 rings (SSSR count). The Bertz CT molecular complexity index is 601. The average molecular weight is 289 g/mol. The zero-order chi connectivity index (χ0) is 13.7. The molecule has 1 saturated carbocycles. The quantitative estimate of drug-likeness (QED) is 0.791. The van der Waals surface area contributed by atoms with Gasteiger partial charge in [-0.25, -0.2) is 0 Å². The summed E-state index contributed by atoms with van der Waals surface area (Å²) in [6.07, 6.45) is 5.10. The van der Waals surface area contributed by atoms with Gasteiger partial charge in [-0.05, 0) is 37.7 Å². The molecule has 2 atom stereocenters. The molecule has 1 aliphatic heterocycles. The predicted octanol–water partition coefficient (Wildman–Crippen LogP) is 3.72. The van der Waals surface area contributed by atoms with Gasteiger partial charge in [-0.1, -0.05) is 24.6 Å². The van der Waals surface area contributed by atoms with E-state index in [1.165, 1.54) is 25.7 Å². The van der Waals surface area contributed by atoms with Crippen molar-refractivity contribution >= 4 is 22.3 Å². The summed E-state index contributed by atoms with van der Waals surface area (Å²) in [5, 5.41) is 1.62. The fourth-order valence-electron chi connectivity index (χ4n) is 3.70. The molecule has 1 saturated heterocycles. The van der Waals surface area contributed by atoms with Gasteiger partial charge in [0, 0.05) is 11.5 Å². The van der Waals surface area contributed by atoms with E-state index >= 15 is 0 Å². The molecule has 0 bridgehead atoms. The van der Waals surface area contributed by atoms with Crippen molar-refractivity contribution in [1.29, 1.82) is 0 Å². The molecule has 0 amide bonds. The van der Waals surface area contributed by atoms with Gasteiger partial charge >= 0.3 is 5.09 Å². The maximum atomic E-state index is 12.8. The highest BCUT2D eigenvalue weighted by Gasteiger charge is 2.51. The lowest BCUT2D eigenvalue weighted by Crippen LogP contribution is -2.37. The molecule has 1 aromatic carbocycles. The van der Waals surface area contributed by atoms with E-state index in [4.69, 9.17) is 4.42 Å². The SMILES string of the molecule is CC1CC2(CCC2)CN1[S+]([O-])c1cc2ccccc2o1. The Balaban J connectivity index is 1.61. The lowest BCUT2D eigenvalue weighted by atomic mass is 9.68. The van der Waals surface area contributed by atoms with E-state index in [0.717, 1.165) is 17.5 Å². The summed E-state index contributed by atoms with van der Waals surface area (Å²) >= 11 is -1.17. The number of rotatable bonds is 2. The van der Waals surface area contributed by atoms with Crippen LogP contribution < -0.4 is 0 Å². The Morgan fingerprint density at radius 3 is 2.80 bits per heavy atom. The van der Waals surface area contributed by atoms with E-state index in [1.807, 2.05) is 30.3 Å². The van der Waals surface area contributed by atoms with Gasteiger partial charge in [-0.2, -0.15) is 0 Å². The smallest absolute Gasteiger partial charge is 0.333 e. The first-order valence-electron chi connectivity index (χ1n) is 7.34. The first-order valence-corrected chi connectivity index (χ1v) is 8.45. The number of nitrogens with zero attached hydrogens (tertiary/aromatic N) is 1. The zero-order valence-electron chi connectivity index (χ0n) is 11.7. The van der Waals surface area contributed by atoms with Crippen LogP contribution in [-0.4, -0.2) is 21.4 Å². The van der Waals surface area contributed by atoms with Crippen molar-refractivity contribution in [2.45, 2.75) is 43.7 Å². The number of benzene rings is 1. The Labute approximate surface area is 122 Å². The monoisotopic (exact) mass is 289 g/mol. The van der Waals surface area contributed by atoms with Crippen molar-refractivity contribution in [3.63, 3.8) is 0 Å². The second kappa shape index (κ2) is 4.52. The van der Waals surface area contributed by atoms with E-state index in [0.29, 0.717) is 16.5 Å². The standard InChI is InChI=1S/C16H19NO2S/c1-12-10-16(7-4-8-16)11-17(12)20(18)15-9-13-5-2-3-6-14(13)19-15/h2-3,5-6,9,12H,4,7-8,10-11H2,1H3. The molecule has 2 fully saturated rings. The lowest BCUT2D eigenvalue weighted by Gasteiger charge is -2.37. The van der Waals surface area contributed by atoms with Crippen molar-refractivity contribution in [1.82, 2.24) is 4.31 Å². The zero-order valence-corrected chi connectivity index (χ0v) is 12.5. The largest absolute Gasteiger partial charge is 0.590 e. The highest BCUT2D eigenvalue weighted by molar-refractivity contribution is 7.89. The summed E-state index contributed by atoms with van der Waals surface area (Å²) in [6, 6.07) is 10.2. The Morgan fingerprint density at radius 1 is 1.35 bits per heavy atom. The van der Waals surface area contributed by atoms with Crippen LogP contribution in [0.1, 0.15) is 32.6 Å². The minimum absolute atomic E-state index is 0.379. The fourth-order valence-corrected chi connectivity index (χ4v) is 5.11. The normalized spacial score (nSPS) is 27.0. The van der Waals surface area contributed by atoms with Crippen LogP contribution in [-0.2, 0) is 11.4 Å². The summed E-state index contributed by atoms with van der Waals surface area (Å²) < 4.78 is 20.7. The van der Waals surface area contributed by atoms with E-state index in [2.05, 4.69) is 11.2 Å².